The summed E-state index contributed by atoms with van der Waals surface area (Å²) in [5.41, 5.74) is -0.612. The lowest BCUT2D eigenvalue weighted by molar-refractivity contribution is -0.136. The quantitative estimate of drug-likeness (QED) is 0.739. The maximum atomic E-state index is 12.9. The number of amides is 2. The van der Waals surface area contributed by atoms with E-state index in [-0.39, 0.29) is 12.2 Å². The van der Waals surface area contributed by atoms with Crippen molar-refractivity contribution in [3.8, 4) is 0 Å². The second-order valence-electron chi connectivity index (χ2n) is 5.70. The summed E-state index contributed by atoms with van der Waals surface area (Å²) in [6, 6.07) is 2.42. The Kier molecular flexibility index (Phi) is 5.37. The number of benzene rings is 1. The molecule has 0 spiro atoms. The fourth-order valence-corrected chi connectivity index (χ4v) is 1.39. The lowest BCUT2D eigenvalue weighted by Gasteiger charge is -2.25. The zero-order valence-electron chi connectivity index (χ0n) is 12.0. The largest absolute Gasteiger partial charge is 0.391 e. The van der Waals surface area contributed by atoms with E-state index in [4.69, 9.17) is 0 Å². The molecule has 0 saturated heterocycles. The van der Waals surface area contributed by atoms with Crippen molar-refractivity contribution < 1.29 is 23.5 Å². The molecular weight excluding hydrogens is 282 g/mol. The van der Waals surface area contributed by atoms with Crippen molar-refractivity contribution in [3.05, 3.63) is 29.8 Å². The molecule has 1 atom stereocenters. The fraction of sp³-hybridized carbons (Fsp3) is 0.429. The third-order valence-corrected chi connectivity index (χ3v) is 2.78. The number of anilines is 1. The van der Waals surface area contributed by atoms with Crippen LogP contribution in [0, 0.1) is 17.0 Å². The van der Waals surface area contributed by atoms with Crippen LogP contribution in [0.1, 0.15) is 20.8 Å². The molecule has 2 amide bonds. The van der Waals surface area contributed by atoms with Gasteiger partial charge in [0.2, 0.25) is 0 Å². The smallest absolute Gasteiger partial charge is 0.313 e. The van der Waals surface area contributed by atoms with Gasteiger partial charge in [-0.1, -0.05) is 20.8 Å². The van der Waals surface area contributed by atoms with Gasteiger partial charge in [-0.2, -0.15) is 0 Å². The predicted octanol–water partition coefficient (Wildman–Crippen LogP) is 1.43. The highest BCUT2D eigenvalue weighted by Crippen LogP contribution is 2.18. The lowest BCUT2D eigenvalue weighted by Crippen LogP contribution is -2.43. The third-order valence-electron chi connectivity index (χ3n) is 2.78. The van der Waals surface area contributed by atoms with Crippen LogP contribution in [0.3, 0.4) is 0 Å². The summed E-state index contributed by atoms with van der Waals surface area (Å²) in [5, 5.41) is 14.1. The van der Waals surface area contributed by atoms with Crippen LogP contribution < -0.4 is 10.6 Å². The Morgan fingerprint density at radius 3 is 2.14 bits per heavy atom. The normalized spacial score (nSPS) is 12.7. The Morgan fingerprint density at radius 2 is 1.67 bits per heavy atom. The van der Waals surface area contributed by atoms with Crippen LogP contribution in [0.2, 0.25) is 0 Å². The number of rotatable bonds is 3. The summed E-state index contributed by atoms with van der Waals surface area (Å²) in [4.78, 5) is 23.1. The van der Waals surface area contributed by atoms with Gasteiger partial charge in [0.15, 0.2) is 0 Å². The van der Waals surface area contributed by atoms with E-state index in [2.05, 4.69) is 10.6 Å². The van der Waals surface area contributed by atoms with Crippen LogP contribution in [0.4, 0.5) is 14.5 Å². The monoisotopic (exact) mass is 300 g/mol. The van der Waals surface area contributed by atoms with Gasteiger partial charge in [0.1, 0.15) is 11.6 Å². The minimum absolute atomic E-state index is 0.104. The highest BCUT2D eigenvalue weighted by atomic mass is 19.1. The molecule has 0 aliphatic carbocycles. The van der Waals surface area contributed by atoms with E-state index in [1.54, 1.807) is 20.8 Å². The Morgan fingerprint density at radius 1 is 1.14 bits per heavy atom. The second kappa shape index (κ2) is 6.62. The summed E-state index contributed by atoms with van der Waals surface area (Å²) in [5.74, 6) is -3.80. The van der Waals surface area contributed by atoms with Crippen LogP contribution in [0.5, 0.6) is 0 Å². The van der Waals surface area contributed by atoms with E-state index >= 15 is 0 Å². The van der Waals surface area contributed by atoms with E-state index in [0.29, 0.717) is 6.07 Å². The molecule has 1 rings (SSSR count). The molecule has 7 heteroatoms. The van der Waals surface area contributed by atoms with Crippen LogP contribution >= 0.6 is 0 Å². The van der Waals surface area contributed by atoms with Gasteiger partial charge >= 0.3 is 11.8 Å². The molecule has 0 saturated carbocycles. The van der Waals surface area contributed by atoms with Crippen LogP contribution in [0.25, 0.3) is 0 Å². The molecule has 0 bridgehead atoms. The second-order valence-corrected chi connectivity index (χ2v) is 5.70. The number of aliphatic hydroxyl groups is 1. The number of halogens is 2. The van der Waals surface area contributed by atoms with Crippen molar-refractivity contribution in [3.63, 3.8) is 0 Å². The topological polar surface area (TPSA) is 78.4 Å². The molecule has 5 nitrogen and oxygen atoms in total. The van der Waals surface area contributed by atoms with Gasteiger partial charge in [-0.05, 0) is 17.5 Å². The molecule has 3 N–H and O–H groups in total. The molecule has 21 heavy (non-hydrogen) atoms. The SMILES string of the molecule is CC(C)(C)C(O)CNC(=O)C(=O)Nc1cc(F)cc(F)c1. The molecule has 0 aromatic heterocycles. The van der Waals surface area contributed by atoms with Crippen molar-refractivity contribution in [1.29, 1.82) is 0 Å². The molecule has 0 aliphatic heterocycles. The van der Waals surface area contributed by atoms with E-state index in [9.17, 15) is 23.5 Å². The van der Waals surface area contributed by atoms with Gasteiger partial charge in [-0.25, -0.2) is 8.78 Å². The molecule has 0 aliphatic rings. The Hall–Kier alpha value is -2.02. The van der Waals surface area contributed by atoms with Crippen molar-refractivity contribution in [1.82, 2.24) is 5.32 Å². The van der Waals surface area contributed by atoms with Gasteiger partial charge in [-0.3, -0.25) is 9.59 Å². The van der Waals surface area contributed by atoms with Gasteiger partial charge < -0.3 is 15.7 Å². The minimum Gasteiger partial charge on any atom is -0.391 e. The third kappa shape index (κ3) is 5.47. The number of carbonyl (C=O) groups excluding carboxylic acids is 2. The Labute approximate surface area is 121 Å². The van der Waals surface area contributed by atoms with Crippen LogP contribution in [-0.4, -0.2) is 29.6 Å². The van der Waals surface area contributed by atoms with E-state index in [1.807, 2.05) is 0 Å². The minimum atomic E-state index is -1.07. The molecule has 0 radical (unpaired) electrons. The first-order valence-corrected chi connectivity index (χ1v) is 6.33. The Balaban J connectivity index is 2.57. The molecule has 0 fully saturated rings. The van der Waals surface area contributed by atoms with E-state index in [1.165, 1.54) is 0 Å². The number of nitrogens with one attached hydrogen (secondary N) is 2. The highest BCUT2D eigenvalue weighted by molar-refractivity contribution is 6.39. The molecule has 116 valence electrons. The molecule has 0 heterocycles. The van der Waals surface area contributed by atoms with Gasteiger partial charge in [0, 0.05) is 18.3 Å². The standard InChI is InChI=1S/C14H18F2N2O3/c1-14(2,3)11(19)7-17-12(20)13(21)18-10-5-8(15)4-9(16)6-10/h4-6,11,19H,7H2,1-3H3,(H,17,20)(H,18,21). The van der Waals surface area contributed by atoms with Crippen molar-refractivity contribution >= 4 is 17.5 Å². The average molecular weight is 300 g/mol. The van der Waals surface area contributed by atoms with E-state index < -0.39 is 35.0 Å². The zero-order valence-corrected chi connectivity index (χ0v) is 12.0. The van der Waals surface area contributed by atoms with Gasteiger partial charge in [-0.15, -0.1) is 0 Å². The number of hydrogen-bond donors (Lipinski definition) is 3. The van der Waals surface area contributed by atoms with Gasteiger partial charge in [0.05, 0.1) is 6.10 Å². The summed E-state index contributed by atoms with van der Waals surface area (Å²) in [6.07, 6.45) is -0.833. The van der Waals surface area contributed by atoms with Crippen molar-refractivity contribution in [2.45, 2.75) is 26.9 Å². The van der Waals surface area contributed by atoms with E-state index in [0.717, 1.165) is 12.1 Å². The predicted molar refractivity (Wildman–Crippen MR) is 73.5 cm³/mol. The average Bonchev–Trinajstić information content (AvgIpc) is 2.32. The fourth-order valence-electron chi connectivity index (χ4n) is 1.39. The number of aliphatic hydroxyl groups excluding tert-OH is 1. The van der Waals surface area contributed by atoms with Crippen molar-refractivity contribution in [2.75, 3.05) is 11.9 Å². The molecule has 1 aromatic carbocycles. The van der Waals surface area contributed by atoms with Crippen LogP contribution in [0.15, 0.2) is 18.2 Å². The number of hydrogen-bond acceptors (Lipinski definition) is 3. The number of carbonyl (C=O) groups is 2. The maximum Gasteiger partial charge on any atom is 0.313 e. The molecular formula is C14H18F2N2O3. The highest BCUT2D eigenvalue weighted by Gasteiger charge is 2.23. The maximum absolute atomic E-state index is 12.9. The summed E-state index contributed by atoms with van der Waals surface area (Å²) < 4.78 is 25.9. The summed E-state index contributed by atoms with van der Waals surface area (Å²) in [7, 11) is 0. The summed E-state index contributed by atoms with van der Waals surface area (Å²) >= 11 is 0. The lowest BCUT2D eigenvalue weighted by atomic mass is 9.89. The summed E-state index contributed by atoms with van der Waals surface area (Å²) in [6.45, 7) is 5.23. The van der Waals surface area contributed by atoms with Crippen molar-refractivity contribution in [2.24, 2.45) is 5.41 Å². The first-order valence-electron chi connectivity index (χ1n) is 6.33. The van der Waals surface area contributed by atoms with Gasteiger partial charge in [0.25, 0.3) is 0 Å². The van der Waals surface area contributed by atoms with Crippen LogP contribution in [-0.2, 0) is 9.59 Å². The zero-order chi connectivity index (χ0) is 16.2. The molecule has 1 aromatic rings. The first-order chi connectivity index (χ1) is 9.59. The Bertz CT molecular complexity index is 521. The molecule has 1 unspecified atom stereocenters. The first kappa shape index (κ1) is 17.0.